The van der Waals surface area contributed by atoms with E-state index in [0.717, 1.165) is 10.7 Å². The number of Topliss-reactive ketones (excluding diaryl/α,β-unsaturated/α-hetero) is 1. The summed E-state index contributed by atoms with van der Waals surface area (Å²) in [6.07, 6.45) is 1.81. The molecule has 0 bridgehead atoms. The van der Waals surface area contributed by atoms with E-state index in [0.29, 0.717) is 17.1 Å². The highest BCUT2D eigenvalue weighted by Gasteiger charge is 2.18. The van der Waals surface area contributed by atoms with Crippen molar-refractivity contribution in [2.75, 3.05) is 0 Å². The number of carbonyl (C=O) groups is 1. The summed E-state index contributed by atoms with van der Waals surface area (Å²) >= 11 is 7.22. The number of thiazole rings is 1. The number of hydrogen-bond acceptors (Lipinski definition) is 4. The molecule has 0 aliphatic rings. The predicted molar refractivity (Wildman–Crippen MR) is 78.1 cm³/mol. The standard InChI is InChI=1S/C14H15ClN2OS/c1-14(2,3)11-8-19-13(17-11)6-10(18)9-4-5-12(15)16-7-9/h4-5,7-8H,6H2,1-3H3. The normalized spacial score (nSPS) is 11.6. The van der Waals surface area contributed by atoms with E-state index in [1.807, 2.05) is 5.38 Å². The molecule has 0 radical (unpaired) electrons. The molecular formula is C14H15ClN2OS. The van der Waals surface area contributed by atoms with Crippen LogP contribution in [-0.2, 0) is 11.8 Å². The molecule has 0 aliphatic heterocycles. The van der Waals surface area contributed by atoms with Crippen molar-refractivity contribution in [3.8, 4) is 0 Å². The van der Waals surface area contributed by atoms with Crippen LogP contribution >= 0.6 is 22.9 Å². The maximum Gasteiger partial charge on any atom is 0.171 e. The van der Waals surface area contributed by atoms with Gasteiger partial charge in [-0.05, 0) is 12.1 Å². The quantitative estimate of drug-likeness (QED) is 0.636. The number of pyridine rings is 1. The second-order valence-corrected chi connectivity index (χ2v) is 6.68. The van der Waals surface area contributed by atoms with Crippen LogP contribution in [0.2, 0.25) is 5.15 Å². The van der Waals surface area contributed by atoms with Gasteiger partial charge < -0.3 is 0 Å². The average Bonchev–Trinajstić information content (AvgIpc) is 2.78. The highest BCUT2D eigenvalue weighted by Crippen LogP contribution is 2.24. The molecule has 0 atom stereocenters. The zero-order valence-corrected chi connectivity index (χ0v) is 12.7. The third-order valence-corrected chi connectivity index (χ3v) is 3.75. The maximum atomic E-state index is 12.1. The van der Waals surface area contributed by atoms with Crippen molar-refractivity contribution in [3.63, 3.8) is 0 Å². The van der Waals surface area contributed by atoms with Crippen molar-refractivity contribution in [1.82, 2.24) is 9.97 Å². The van der Waals surface area contributed by atoms with Gasteiger partial charge in [-0.25, -0.2) is 9.97 Å². The number of rotatable bonds is 3. The first kappa shape index (κ1) is 14.2. The molecule has 0 aliphatic carbocycles. The van der Waals surface area contributed by atoms with Gasteiger partial charge in [0.15, 0.2) is 5.78 Å². The van der Waals surface area contributed by atoms with Crippen molar-refractivity contribution < 1.29 is 4.79 Å². The van der Waals surface area contributed by atoms with Gasteiger partial charge in [-0.3, -0.25) is 4.79 Å². The molecule has 0 fully saturated rings. The summed E-state index contributed by atoms with van der Waals surface area (Å²) in [4.78, 5) is 20.5. The first-order chi connectivity index (χ1) is 8.86. The molecule has 100 valence electrons. The van der Waals surface area contributed by atoms with Crippen LogP contribution in [0, 0.1) is 0 Å². The van der Waals surface area contributed by atoms with Crippen molar-refractivity contribution in [1.29, 1.82) is 0 Å². The molecule has 0 aromatic carbocycles. The topological polar surface area (TPSA) is 42.9 Å². The fourth-order valence-electron chi connectivity index (χ4n) is 1.52. The van der Waals surface area contributed by atoms with Crippen LogP contribution in [0.1, 0.15) is 41.8 Å². The number of aromatic nitrogens is 2. The number of nitrogens with zero attached hydrogens (tertiary/aromatic N) is 2. The number of halogens is 1. The molecule has 2 rings (SSSR count). The first-order valence-electron chi connectivity index (χ1n) is 5.96. The summed E-state index contributed by atoms with van der Waals surface area (Å²) in [7, 11) is 0. The lowest BCUT2D eigenvalue weighted by atomic mass is 9.93. The summed E-state index contributed by atoms with van der Waals surface area (Å²) in [5.41, 5.74) is 1.60. The maximum absolute atomic E-state index is 12.1. The fraction of sp³-hybridized carbons (Fsp3) is 0.357. The van der Waals surface area contributed by atoms with Crippen molar-refractivity contribution in [2.24, 2.45) is 0 Å². The van der Waals surface area contributed by atoms with Gasteiger partial charge in [0.25, 0.3) is 0 Å². The molecule has 0 unspecified atom stereocenters. The fourth-order valence-corrected chi connectivity index (χ4v) is 2.65. The SMILES string of the molecule is CC(C)(C)c1csc(CC(=O)c2ccc(Cl)nc2)n1. The Morgan fingerprint density at radius 1 is 1.37 bits per heavy atom. The largest absolute Gasteiger partial charge is 0.294 e. The number of hydrogen-bond donors (Lipinski definition) is 0. The summed E-state index contributed by atoms with van der Waals surface area (Å²) in [6, 6.07) is 3.31. The Labute approximate surface area is 121 Å². The van der Waals surface area contributed by atoms with Crippen molar-refractivity contribution >= 4 is 28.7 Å². The van der Waals surface area contributed by atoms with E-state index in [1.165, 1.54) is 17.5 Å². The lowest BCUT2D eigenvalue weighted by Crippen LogP contribution is -2.12. The van der Waals surface area contributed by atoms with Crippen LogP contribution in [-0.4, -0.2) is 15.8 Å². The molecule has 0 N–H and O–H groups in total. The lowest BCUT2D eigenvalue weighted by Gasteiger charge is -2.14. The van der Waals surface area contributed by atoms with E-state index in [1.54, 1.807) is 12.1 Å². The van der Waals surface area contributed by atoms with Crippen LogP contribution < -0.4 is 0 Å². The Morgan fingerprint density at radius 3 is 2.63 bits per heavy atom. The van der Waals surface area contributed by atoms with Crippen molar-refractivity contribution in [3.05, 3.63) is 45.1 Å². The van der Waals surface area contributed by atoms with Gasteiger partial charge in [0.1, 0.15) is 10.2 Å². The Balaban J connectivity index is 2.11. The molecule has 19 heavy (non-hydrogen) atoms. The van der Waals surface area contributed by atoms with E-state index in [2.05, 4.69) is 30.7 Å². The molecule has 0 saturated heterocycles. The van der Waals surface area contributed by atoms with Crippen LogP contribution in [0.5, 0.6) is 0 Å². The number of carbonyl (C=O) groups excluding carboxylic acids is 1. The zero-order chi connectivity index (χ0) is 14.0. The van der Waals surface area contributed by atoms with Gasteiger partial charge in [-0.1, -0.05) is 32.4 Å². The van der Waals surface area contributed by atoms with Crippen LogP contribution in [0.25, 0.3) is 0 Å². The minimum Gasteiger partial charge on any atom is -0.294 e. The van der Waals surface area contributed by atoms with Gasteiger partial charge in [0, 0.05) is 22.6 Å². The molecule has 2 aromatic heterocycles. The summed E-state index contributed by atoms with van der Waals surface area (Å²) in [6.45, 7) is 6.32. The second-order valence-electron chi connectivity index (χ2n) is 5.35. The average molecular weight is 295 g/mol. The monoisotopic (exact) mass is 294 g/mol. The van der Waals surface area contributed by atoms with Gasteiger partial charge in [0.05, 0.1) is 12.1 Å². The molecule has 0 amide bonds. The zero-order valence-electron chi connectivity index (χ0n) is 11.1. The highest BCUT2D eigenvalue weighted by atomic mass is 35.5. The van der Waals surface area contributed by atoms with E-state index in [9.17, 15) is 4.79 Å². The lowest BCUT2D eigenvalue weighted by molar-refractivity contribution is 0.0992. The van der Waals surface area contributed by atoms with E-state index in [4.69, 9.17) is 11.6 Å². The van der Waals surface area contributed by atoms with E-state index in [-0.39, 0.29) is 11.2 Å². The Kier molecular flexibility index (Phi) is 4.02. The molecule has 5 heteroatoms. The molecule has 3 nitrogen and oxygen atoms in total. The van der Waals surface area contributed by atoms with Crippen LogP contribution in [0.15, 0.2) is 23.7 Å². The van der Waals surface area contributed by atoms with Gasteiger partial charge >= 0.3 is 0 Å². The van der Waals surface area contributed by atoms with Gasteiger partial charge in [0.2, 0.25) is 0 Å². The van der Waals surface area contributed by atoms with E-state index < -0.39 is 0 Å². The molecule has 0 spiro atoms. The molecular weight excluding hydrogens is 280 g/mol. The second kappa shape index (κ2) is 5.39. The minimum atomic E-state index is 0.0129. The smallest absolute Gasteiger partial charge is 0.171 e. The summed E-state index contributed by atoms with van der Waals surface area (Å²) in [5.74, 6) is 0.0129. The van der Waals surface area contributed by atoms with Gasteiger partial charge in [-0.2, -0.15) is 0 Å². The third kappa shape index (κ3) is 3.61. The van der Waals surface area contributed by atoms with Gasteiger partial charge in [-0.15, -0.1) is 11.3 Å². The number of ketones is 1. The Bertz CT molecular complexity index is 584. The minimum absolute atomic E-state index is 0.0129. The van der Waals surface area contributed by atoms with Crippen LogP contribution in [0.3, 0.4) is 0 Å². The Hall–Kier alpha value is -1.26. The summed E-state index contributed by atoms with van der Waals surface area (Å²) < 4.78 is 0. The molecule has 0 saturated carbocycles. The highest BCUT2D eigenvalue weighted by molar-refractivity contribution is 7.09. The third-order valence-electron chi connectivity index (χ3n) is 2.68. The molecule has 2 aromatic rings. The molecule has 2 heterocycles. The Morgan fingerprint density at radius 2 is 2.11 bits per heavy atom. The predicted octanol–water partition coefficient (Wildman–Crippen LogP) is 3.91. The summed E-state index contributed by atoms with van der Waals surface area (Å²) in [5, 5.41) is 3.24. The van der Waals surface area contributed by atoms with Crippen molar-refractivity contribution in [2.45, 2.75) is 32.6 Å². The first-order valence-corrected chi connectivity index (χ1v) is 7.21. The van der Waals surface area contributed by atoms with Crippen LogP contribution in [0.4, 0.5) is 0 Å². The van der Waals surface area contributed by atoms with E-state index >= 15 is 0 Å².